The lowest BCUT2D eigenvalue weighted by Crippen LogP contribution is -2.08. The largest absolute Gasteiger partial charge is 0.478 e. The van der Waals surface area contributed by atoms with Gasteiger partial charge in [0.25, 0.3) is 0 Å². The molecule has 1 rings (SSSR count). The van der Waals surface area contributed by atoms with E-state index in [1.807, 2.05) is 43.3 Å². The van der Waals surface area contributed by atoms with Gasteiger partial charge in [0.1, 0.15) is 0 Å². The molecule has 0 fully saturated rings. The van der Waals surface area contributed by atoms with Crippen LogP contribution in [-0.2, 0) is 4.79 Å². The van der Waals surface area contributed by atoms with E-state index in [4.69, 9.17) is 5.11 Å². The second-order valence-corrected chi connectivity index (χ2v) is 3.56. The Hall–Kier alpha value is -1.97. The van der Waals surface area contributed by atoms with E-state index in [1.165, 1.54) is 0 Å². The standard InChI is InChI=1S/C12H16N2O2/c1-14(2)11-7-5-10(6-8-11)13-9-3-4-12(15)16/h3-8,13H,9H2,1-2H3,(H,15,16)/b4-3+. The summed E-state index contributed by atoms with van der Waals surface area (Å²) in [5, 5.41) is 11.5. The molecule has 0 aliphatic carbocycles. The average Bonchev–Trinajstić information content (AvgIpc) is 2.25. The lowest BCUT2D eigenvalue weighted by Gasteiger charge is -2.12. The minimum absolute atomic E-state index is 0.508. The van der Waals surface area contributed by atoms with Crippen LogP contribution in [0.1, 0.15) is 0 Å². The van der Waals surface area contributed by atoms with Crippen LogP contribution in [0.4, 0.5) is 11.4 Å². The zero-order chi connectivity index (χ0) is 12.0. The first-order chi connectivity index (χ1) is 7.59. The minimum Gasteiger partial charge on any atom is -0.478 e. The smallest absolute Gasteiger partial charge is 0.328 e. The van der Waals surface area contributed by atoms with E-state index in [1.54, 1.807) is 6.08 Å². The van der Waals surface area contributed by atoms with Gasteiger partial charge < -0.3 is 15.3 Å². The van der Waals surface area contributed by atoms with Gasteiger partial charge in [0.15, 0.2) is 0 Å². The van der Waals surface area contributed by atoms with Gasteiger partial charge in [-0.1, -0.05) is 6.08 Å². The van der Waals surface area contributed by atoms with Gasteiger partial charge in [0.05, 0.1) is 0 Å². The molecule has 0 saturated carbocycles. The summed E-state index contributed by atoms with van der Waals surface area (Å²) in [5.41, 5.74) is 2.10. The SMILES string of the molecule is CN(C)c1ccc(NC/C=C/C(=O)O)cc1. The van der Waals surface area contributed by atoms with Gasteiger partial charge in [-0.2, -0.15) is 0 Å². The molecule has 0 bridgehead atoms. The molecule has 0 heterocycles. The zero-order valence-corrected chi connectivity index (χ0v) is 9.47. The molecule has 2 N–H and O–H groups in total. The van der Waals surface area contributed by atoms with Crippen LogP contribution >= 0.6 is 0 Å². The minimum atomic E-state index is -0.926. The molecule has 4 nitrogen and oxygen atoms in total. The number of nitrogens with zero attached hydrogens (tertiary/aromatic N) is 1. The van der Waals surface area contributed by atoms with Crippen molar-refractivity contribution < 1.29 is 9.90 Å². The zero-order valence-electron chi connectivity index (χ0n) is 9.47. The summed E-state index contributed by atoms with van der Waals surface area (Å²) in [7, 11) is 3.97. The summed E-state index contributed by atoms with van der Waals surface area (Å²) < 4.78 is 0. The van der Waals surface area contributed by atoms with Crippen LogP contribution in [-0.4, -0.2) is 31.7 Å². The third-order valence-corrected chi connectivity index (χ3v) is 2.07. The summed E-state index contributed by atoms with van der Waals surface area (Å²) in [6.45, 7) is 0.508. The number of carboxylic acids is 1. The third-order valence-electron chi connectivity index (χ3n) is 2.07. The van der Waals surface area contributed by atoms with E-state index in [2.05, 4.69) is 5.32 Å². The number of nitrogens with one attached hydrogen (secondary N) is 1. The highest BCUT2D eigenvalue weighted by molar-refractivity contribution is 5.79. The second kappa shape index (κ2) is 5.80. The summed E-state index contributed by atoms with van der Waals surface area (Å²) in [5.74, 6) is -0.926. The molecule has 0 unspecified atom stereocenters. The van der Waals surface area contributed by atoms with Crippen molar-refractivity contribution in [2.24, 2.45) is 0 Å². The number of hydrogen-bond donors (Lipinski definition) is 2. The predicted molar refractivity (Wildman–Crippen MR) is 66.0 cm³/mol. The fourth-order valence-corrected chi connectivity index (χ4v) is 1.21. The molecule has 0 amide bonds. The van der Waals surface area contributed by atoms with E-state index in [0.29, 0.717) is 6.54 Å². The number of carboxylic acid groups (broad SMARTS) is 1. The van der Waals surface area contributed by atoms with Crippen LogP contribution in [0.25, 0.3) is 0 Å². The van der Waals surface area contributed by atoms with Gasteiger partial charge in [0.2, 0.25) is 0 Å². The second-order valence-electron chi connectivity index (χ2n) is 3.56. The normalized spacial score (nSPS) is 10.4. The highest BCUT2D eigenvalue weighted by Gasteiger charge is 1.94. The fraction of sp³-hybridized carbons (Fsp3) is 0.250. The molecule has 1 aromatic rings. The number of hydrogen-bond acceptors (Lipinski definition) is 3. The number of carbonyl (C=O) groups is 1. The summed E-state index contributed by atoms with van der Waals surface area (Å²) in [4.78, 5) is 12.2. The van der Waals surface area contributed by atoms with Gasteiger partial charge in [0, 0.05) is 38.1 Å². The molecule has 0 spiro atoms. The van der Waals surface area contributed by atoms with Crippen LogP contribution in [0.15, 0.2) is 36.4 Å². The van der Waals surface area contributed by atoms with Gasteiger partial charge >= 0.3 is 5.97 Å². The predicted octanol–water partition coefficient (Wildman–Crippen LogP) is 1.81. The first-order valence-electron chi connectivity index (χ1n) is 5.00. The van der Waals surface area contributed by atoms with Crippen molar-refractivity contribution in [2.75, 3.05) is 30.9 Å². The molecule has 4 heteroatoms. The van der Waals surface area contributed by atoms with Crippen molar-refractivity contribution in [3.8, 4) is 0 Å². The molecule has 0 saturated heterocycles. The topological polar surface area (TPSA) is 52.6 Å². The van der Waals surface area contributed by atoms with E-state index >= 15 is 0 Å². The van der Waals surface area contributed by atoms with Crippen molar-refractivity contribution in [1.82, 2.24) is 0 Å². The van der Waals surface area contributed by atoms with Gasteiger partial charge in [-0.15, -0.1) is 0 Å². The fourth-order valence-electron chi connectivity index (χ4n) is 1.21. The Bertz CT molecular complexity index is 369. The third kappa shape index (κ3) is 4.04. The van der Waals surface area contributed by atoms with E-state index < -0.39 is 5.97 Å². The number of rotatable bonds is 5. The van der Waals surface area contributed by atoms with Crippen LogP contribution in [0.5, 0.6) is 0 Å². The van der Waals surface area contributed by atoms with Crippen LogP contribution in [0.3, 0.4) is 0 Å². The highest BCUT2D eigenvalue weighted by atomic mass is 16.4. The van der Waals surface area contributed by atoms with Crippen molar-refractivity contribution in [3.63, 3.8) is 0 Å². The Labute approximate surface area is 95.2 Å². The Morgan fingerprint density at radius 2 is 2.00 bits per heavy atom. The molecular formula is C12H16N2O2. The molecule has 86 valence electrons. The first-order valence-corrected chi connectivity index (χ1v) is 5.00. The molecule has 1 aromatic carbocycles. The maximum Gasteiger partial charge on any atom is 0.328 e. The molecule has 0 aliphatic heterocycles. The van der Waals surface area contributed by atoms with Crippen molar-refractivity contribution in [2.45, 2.75) is 0 Å². The molecule has 0 aromatic heterocycles. The molecule has 16 heavy (non-hydrogen) atoms. The highest BCUT2D eigenvalue weighted by Crippen LogP contribution is 2.15. The van der Waals surface area contributed by atoms with Gasteiger partial charge in [-0.25, -0.2) is 4.79 Å². The van der Waals surface area contributed by atoms with Crippen molar-refractivity contribution in [3.05, 3.63) is 36.4 Å². The Morgan fingerprint density at radius 3 is 2.50 bits per heavy atom. The number of aliphatic carboxylic acids is 1. The summed E-state index contributed by atoms with van der Waals surface area (Å²) in [6.07, 6.45) is 2.70. The van der Waals surface area contributed by atoms with Crippen LogP contribution in [0.2, 0.25) is 0 Å². The quantitative estimate of drug-likeness (QED) is 0.743. The Balaban J connectivity index is 2.46. The van der Waals surface area contributed by atoms with E-state index in [-0.39, 0.29) is 0 Å². The van der Waals surface area contributed by atoms with E-state index in [9.17, 15) is 4.79 Å². The van der Waals surface area contributed by atoms with E-state index in [0.717, 1.165) is 17.5 Å². The van der Waals surface area contributed by atoms with Crippen molar-refractivity contribution in [1.29, 1.82) is 0 Å². The lowest BCUT2D eigenvalue weighted by molar-refractivity contribution is -0.131. The Morgan fingerprint density at radius 1 is 1.38 bits per heavy atom. The molecule has 0 aliphatic rings. The van der Waals surface area contributed by atoms with Crippen LogP contribution < -0.4 is 10.2 Å². The molecule has 0 radical (unpaired) electrons. The monoisotopic (exact) mass is 220 g/mol. The first kappa shape index (κ1) is 12.1. The molecular weight excluding hydrogens is 204 g/mol. The van der Waals surface area contributed by atoms with Gasteiger partial charge in [-0.3, -0.25) is 0 Å². The summed E-state index contributed by atoms with van der Waals surface area (Å²) >= 11 is 0. The maximum absolute atomic E-state index is 10.2. The Kier molecular flexibility index (Phi) is 4.39. The summed E-state index contributed by atoms with van der Waals surface area (Å²) in [6, 6.07) is 7.93. The van der Waals surface area contributed by atoms with Crippen LogP contribution in [0, 0.1) is 0 Å². The lowest BCUT2D eigenvalue weighted by atomic mass is 10.2. The number of anilines is 2. The number of benzene rings is 1. The maximum atomic E-state index is 10.2. The van der Waals surface area contributed by atoms with Crippen molar-refractivity contribution >= 4 is 17.3 Å². The van der Waals surface area contributed by atoms with Gasteiger partial charge in [-0.05, 0) is 24.3 Å². The average molecular weight is 220 g/mol. The molecule has 0 atom stereocenters.